The highest BCUT2D eigenvalue weighted by Gasteiger charge is 2.09. The molecule has 1 N–H and O–H groups in total. The number of benzene rings is 2. The Morgan fingerprint density at radius 2 is 1.81 bits per heavy atom. The van der Waals surface area contributed by atoms with E-state index in [2.05, 4.69) is 21.2 Å². The highest BCUT2D eigenvalue weighted by molar-refractivity contribution is 9.10. The Balaban J connectivity index is 1.96. The topological polar surface area (TPSA) is 29.1 Å². The zero-order valence-electron chi connectivity index (χ0n) is 11.4. The van der Waals surface area contributed by atoms with Crippen molar-refractivity contribution in [3.8, 4) is 0 Å². The predicted molar refractivity (Wildman–Crippen MR) is 81.3 cm³/mol. The average molecular weight is 354 g/mol. The lowest BCUT2D eigenvalue weighted by Crippen LogP contribution is -2.26. The standard InChI is InChI=1S/C16H14BrF2NO/c1-10-2-3-12(17)8-15(10)16(21)20-5-4-11-6-13(18)9-14(19)7-11/h2-3,6-9H,4-5H2,1H3,(H,20,21). The van der Waals surface area contributed by atoms with Crippen molar-refractivity contribution in [2.45, 2.75) is 13.3 Å². The second kappa shape index (κ2) is 6.80. The number of hydrogen-bond donors (Lipinski definition) is 1. The molecular formula is C16H14BrF2NO. The maximum atomic E-state index is 13.0. The molecule has 0 fully saturated rings. The van der Waals surface area contributed by atoms with E-state index in [1.165, 1.54) is 12.1 Å². The quantitative estimate of drug-likeness (QED) is 0.883. The number of aryl methyl sites for hydroxylation is 1. The molecule has 110 valence electrons. The van der Waals surface area contributed by atoms with Gasteiger partial charge in [-0.15, -0.1) is 0 Å². The zero-order chi connectivity index (χ0) is 15.4. The lowest BCUT2D eigenvalue weighted by atomic mass is 10.1. The predicted octanol–water partition coefficient (Wildman–Crippen LogP) is 4.01. The van der Waals surface area contributed by atoms with Gasteiger partial charge in [0.1, 0.15) is 11.6 Å². The van der Waals surface area contributed by atoms with Gasteiger partial charge in [-0.25, -0.2) is 8.78 Å². The van der Waals surface area contributed by atoms with E-state index in [4.69, 9.17) is 0 Å². The Kier molecular flexibility index (Phi) is 5.07. The van der Waals surface area contributed by atoms with Crippen molar-refractivity contribution in [2.24, 2.45) is 0 Å². The normalized spacial score (nSPS) is 10.5. The molecule has 0 aliphatic carbocycles. The van der Waals surface area contributed by atoms with Gasteiger partial charge in [0, 0.05) is 22.6 Å². The molecule has 2 rings (SSSR count). The summed E-state index contributed by atoms with van der Waals surface area (Å²) >= 11 is 3.32. The highest BCUT2D eigenvalue weighted by Crippen LogP contribution is 2.16. The summed E-state index contributed by atoms with van der Waals surface area (Å²) in [4.78, 5) is 12.1. The summed E-state index contributed by atoms with van der Waals surface area (Å²) in [7, 11) is 0. The zero-order valence-corrected chi connectivity index (χ0v) is 13.0. The third-order valence-electron chi connectivity index (χ3n) is 3.07. The van der Waals surface area contributed by atoms with Crippen molar-refractivity contribution < 1.29 is 13.6 Å². The number of carbonyl (C=O) groups excluding carboxylic acids is 1. The van der Waals surface area contributed by atoms with Crippen molar-refractivity contribution in [3.63, 3.8) is 0 Å². The molecule has 0 saturated carbocycles. The summed E-state index contributed by atoms with van der Waals surface area (Å²) in [5, 5.41) is 2.75. The van der Waals surface area contributed by atoms with Gasteiger partial charge >= 0.3 is 0 Å². The van der Waals surface area contributed by atoms with Crippen LogP contribution in [-0.4, -0.2) is 12.5 Å². The Morgan fingerprint density at radius 3 is 2.48 bits per heavy atom. The molecule has 0 aliphatic heterocycles. The van der Waals surface area contributed by atoms with Gasteiger partial charge in [-0.3, -0.25) is 4.79 Å². The summed E-state index contributed by atoms with van der Waals surface area (Å²) in [6, 6.07) is 8.81. The van der Waals surface area contributed by atoms with E-state index in [0.29, 0.717) is 24.1 Å². The minimum atomic E-state index is -0.612. The van der Waals surface area contributed by atoms with Crippen LogP contribution in [0.3, 0.4) is 0 Å². The summed E-state index contributed by atoms with van der Waals surface area (Å²) < 4.78 is 26.9. The summed E-state index contributed by atoms with van der Waals surface area (Å²) in [6.07, 6.45) is 0.369. The number of amides is 1. The van der Waals surface area contributed by atoms with Gasteiger partial charge in [0.05, 0.1) is 0 Å². The van der Waals surface area contributed by atoms with Crippen LogP contribution in [0.25, 0.3) is 0 Å². The molecule has 1 amide bonds. The first-order valence-electron chi connectivity index (χ1n) is 6.45. The minimum absolute atomic E-state index is 0.203. The largest absolute Gasteiger partial charge is 0.352 e. The number of nitrogens with one attached hydrogen (secondary N) is 1. The highest BCUT2D eigenvalue weighted by atomic mass is 79.9. The number of hydrogen-bond acceptors (Lipinski definition) is 1. The number of rotatable bonds is 4. The van der Waals surface area contributed by atoms with Crippen LogP contribution >= 0.6 is 15.9 Å². The maximum absolute atomic E-state index is 13.0. The minimum Gasteiger partial charge on any atom is -0.352 e. The van der Waals surface area contributed by atoms with E-state index in [-0.39, 0.29) is 5.91 Å². The molecule has 2 aromatic rings. The molecule has 0 spiro atoms. The number of carbonyl (C=O) groups is 1. The fraction of sp³-hybridized carbons (Fsp3) is 0.188. The van der Waals surface area contributed by atoms with E-state index in [1.807, 2.05) is 19.1 Å². The molecule has 0 unspecified atom stereocenters. The summed E-state index contributed by atoms with van der Waals surface area (Å²) in [5.41, 5.74) is 1.96. The van der Waals surface area contributed by atoms with Crippen LogP contribution in [0.15, 0.2) is 40.9 Å². The Morgan fingerprint density at radius 1 is 1.14 bits per heavy atom. The Bertz CT molecular complexity index is 653. The van der Waals surface area contributed by atoms with Gasteiger partial charge in [-0.05, 0) is 48.7 Å². The molecule has 2 aromatic carbocycles. The van der Waals surface area contributed by atoms with Crippen molar-refractivity contribution in [1.29, 1.82) is 0 Å². The van der Waals surface area contributed by atoms with Crippen LogP contribution in [0.5, 0.6) is 0 Å². The van der Waals surface area contributed by atoms with Crippen molar-refractivity contribution in [2.75, 3.05) is 6.54 Å². The van der Waals surface area contributed by atoms with E-state index in [1.54, 1.807) is 6.07 Å². The van der Waals surface area contributed by atoms with Crippen LogP contribution in [0.4, 0.5) is 8.78 Å². The van der Waals surface area contributed by atoms with Crippen LogP contribution < -0.4 is 5.32 Å². The first kappa shape index (κ1) is 15.6. The molecule has 0 bridgehead atoms. The van der Waals surface area contributed by atoms with Gasteiger partial charge in [0.2, 0.25) is 0 Å². The summed E-state index contributed by atoms with van der Waals surface area (Å²) in [6.45, 7) is 2.16. The molecule has 0 atom stereocenters. The number of halogens is 3. The van der Waals surface area contributed by atoms with E-state index in [9.17, 15) is 13.6 Å². The fourth-order valence-electron chi connectivity index (χ4n) is 2.01. The van der Waals surface area contributed by atoms with E-state index in [0.717, 1.165) is 16.1 Å². The second-order valence-electron chi connectivity index (χ2n) is 4.74. The Hall–Kier alpha value is -1.75. The lowest BCUT2D eigenvalue weighted by Gasteiger charge is -2.08. The van der Waals surface area contributed by atoms with Crippen LogP contribution in [-0.2, 0) is 6.42 Å². The SMILES string of the molecule is Cc1ccc(Br)cc1C(=O)NCCc1cc(F)cc(F)c1. The molecule has 0 aromatic heterocycles. The second-order valence-corrected chi connectivity index (χ2v) is 5.66. The van der Waals surface area contributed by atoms with E-state index >= 15 is 0 Å². The Labute approximate surface area is 130 Å². The monoisotopic (exact) mass is 353 g/mol. The van der Waals surface area contributed by atoms with Crippen molar-refractivity contribution >= 4 is 21.8 Å². The van der Waals surface area contributed by atoms with Gasteiger partial charge in [-0.2, -0.15) is 0 Å². The van der Waals surface area contributed by atoms with Crippen LogP contribution in [0.2, 0.25) is 0 Å². The fourth-order valence-corrected chi connectivity index (χ4v) is 2.37. The molecule has 0 radical (unpaired) electrons. The van der Waals surface area contributed by atoms with Gasteiger partial charge in [0.25, 0.3) is 5.91 Å². The lowest BCUT2D eigenvalue weighted by molar-refractivity contribution is 0.0953. The molecule has 0 aliphatic rings. The molecule has 0 saturated heterocycles. The average Bonchev–Trinajstić information content (AvgIpc) is 2.40. The van der Waals surface area contributed by atoms with Crippen LogP contribution in [0, 0.1) is 18.6 Å². The van der Waals surface area contributed by atoms with E-state index < -0.39 is 11.6 Å². The van der Waals surface area contributed by atoms with Crippen molar-refractivity contribution in [3.05, 3.63) is 69.2 Å². The van der Waals surface area contributed by atoms with Gasteiger partial charge < -0.3 is 5.32 Å². The molecular weight excluding hydrogens is 340 g/mol. The third-order valence-corrected chi connectivity index (χ3v) is 3.56. The molecule has 5 heteroatoms. The first-order valence-corrected chi connectivity index (χ1v) is 7.24. The molecule has 2 nitrogen and oxygen atoms in total. The van der Waals surface area contributed by atoms with Gasteiger partial charge in [0.15, 0.2) is 0 Å². The third kappa shape index (κ3) is 4.36. The molecule has 21 heavy (non-hydrogen) atoms. The first-order chi connectivity index (χ1) is 9.95. The smallest absolute Gasteiger partial charge is 0.251 e. The molecule has 0 heterocycles. The maximum Gasteiger partial charge on any atom is 0.251 e. The van der Waals surface area contributed by atoms with Crippen molar-refractivity contribution in [1.82, 2.24) is 5.32 Å². The van der Waals surface area contributed by atoms with Gasteiger partial charge in [-0.1, -0.05) is 22.0 Å². The summed E-state index contributed by atoms with van der Waals surface area (Å²) in [5.74, 6) is -1.43. The van der Waals surface area contributed by atoms with Crippen LogP contribution in [0.1, 0.15) is 21.5 Å².